The van der Waals surface area contributed by atoms with Gasteiger partial charge in [-0.25, -0.2) is 0 Å². The molecule has 1 aromatic rings. The molecule has 0 spiro atoms. The van der Waals surface area contributed by atoms with Gasteiger partial charge in [-0.1, -0.05) is 11.6 Å². The van der Waals surface area contributed by atoms with Gasteiger partial charge in [0.2, 0.25) is 5.91 Å². The van der Waals surface area contributed by atoms with E-state index in [1.165, 1.54) is 0 Å². The summed E-state index contributed by atoms with van der Waals surface area (Å²) in [6, 6.07) is 5.02. The Morgan fingerprint density at radius 1 is 1.35 bits per heavy atom. The zero-order valence-electron chi connectivity index (χ0n) is 11.0. The van der Waals surface area contributed by atoms with Crippen molar-refractivity contribution >= 4 is 29.2 Å². The summed E-state index contributed by atoms with van der Waals surface area (Å²) in [6.07, 6.45) is 1.89. The van der Waals surface area contributed by atoms with E-state index in [4.69, 9.17) is 22.4 Å². The second-order valence-electron chi connectivity index (χ2n) is 5.06. The average Bonchev–Trinajstić information content (AvgIpc) is 2.39. The number of piperidine rings is 1. The van der Waals surface area contributed by atoms with Gasteiger partial charge >= 0.3 is 5.97 Å². The van der Waals surface area contributed by atoms with Crippen molar-refractivity contribution in [2.24, 2.45) is 11.7 Å². The van der Waals surface area contributed by atoms with Crippen LogP contribution >= 0.6 is 11.6 Å². The summed E-state index contributed by atoms with van der Waals surface area (Å²) < 4.78 is 0. The highest BCUT2D eigenvalue weighted by atomic mass is 35.5. The second-order valence-corrected chi connectivity index (χ2v) is 5.47. The minimum Gasteiger partial charge on any atom is -0.481 e. The van der Waals surface area contributed by atoms with Crippen LogP contribution in [0, 0.1) is 5.92 Å². The molecule has 0 saturated carbocycles. The van der Waals surface area contributed by atoms with E-state index in [1.807, 2.05) is 0 Å². The molecule has 3 N–H and O–H groups in total. The number of benzene rings is 1. The van der Waals surface area contributed by atoms with Crippen LogP contribution in [-0.2, 0) is 4.79 Å². The highest BCUT2D eigenvalue weighted by Crippen LogP contribution is 2.31. The summed E-state index contributed by atoms with van der Waals surface area (Å²) in [5.41, 5.74) is 6.46. The van der Waals surface area contributed by atoms with Crippen LogP contribution < -0.4 is 10.6 Å². The maximum Gasteiger partial charge on any atom is 0.303 e. The molecule has 0 atom stereocenters. The number of amides is 1. The molecule has 0 aromatic heterocycles. The summed E-state index contributed by atoms with van der Waals surface area (Å²) in [7, 11) is 0. The van der Waals surface area contributed by atoms with Crippen molar-refractivity contribution in [3.8, 4) is 0 Å². The molecule has 2 rings (SSSR count). The monoisotopic (exact) mass is 296 g/mol. The van der Waals surface area contributed by atoms with Crippen LogP contribution in [0.5, 0.6) is 0 Å². The molecule has 0 bridgehead atoms. The van der Waals surface area contributed by atoms with Gasteiger partial charge < -0.3 is 15.7 Å². The first-order chi connectivity index (χ1) is 9.47. The fraction of sp³-hybridized carbons (Fsp3) is 0.429. The lowest BCUT2D eigenvalue weighted by atomic mass is 9.93. The van der Waals surface area contributed by atoms with E-state index in [-0.39, 0.29) is 12.3 Å². The number of carbonyl (C=O) groups is 2. The Hall–Kier alpha value is -1.75. The minimum absolute atomic E-state index is 0.224. The van der Waals surface area contributed by atoms with Crippen molar-refractivity contribution < 1.29 is 14.7 Å². The molecule has 20 heavy (non-hydrogen) atoms. The van der Waals surface area contributed by atoms with Gasteiger partial charge in [0, 0.05) is 25.1 Å². The summed E-state index contributed by atoms with van der Waals surface area (Å²) >= 11 is 6.18. The Bertz CT molecular complexity index is 525. The molecule has 0 aliphatic carbocycles. The molecular formula is C14H17ClN2O3. The van der Waals surface area contributed by atoms with Gasteiger partial charge in [-0.2, -0.15) is 0 Å². The molecule has 5 nitrogen and oxygen atoms in total. The molecule has 6 heteroatoms. The van der Waals surface area contributed by atoms with E-state index in [0.717, 1.165) is 31.6 Å². The van der Waals surface area contributed by atoms with E-state index >= 15 is 0 Å². The van der Waals surface area contributed by atoms with Crippen LogP contribution in [0.25, 0.3) is 0 Å². The van der Waals surface area contributed by atoms with Crippen molar-refractivity contribution in [2.75, 3.05) is 18.0 Å². The Kier molecular flexibility index (Phi) is 4.49. The van der Waals surface area contributed by atoms with Crippen LogP contribution in [0.1, 0.15) is 29.6 Å². The second kappa shape index (κ2) is 6.13. The maximum absolute atomic E-state index is 11.1. The van der Waals surface area contributed by atoms with E-state index in [0.29, 0.717) is 10.6 Å². The summed E-state index contributed by atoms with van der Waals surface area (Å²) in [5.74, 6) is -1.02. The first-order valence-corrected chi connectivity index (χ1v) is 6.91. The van der Waals surface area contributed by atoms with Gasteiger partial charge in [0.15, 0.2) is 0 Å². The molecule has 1 aliphatic heterocycles. The maximum atomic E-state index is 11.1. The average molecular weight is 297 g/mol. The number of hydrogen-bond acceptors (Lipinski definition) is 3. The summed E-state index contributed by atoms with van der Waals surface area (Å²) in [6.45, 7) is 1.54. The van der Waals surface area contributed by atoms with E-state index in [2.05, 4.69) is 4.90 Å². The molecular weight excluding hydrogens is 280 g/mol. The Balaban J connectivity index is 2.03. The number of hydrogen-bond donors (Lipinski definition) is 2. The zero-order valence-corrected chi connectivity index (χ0v) is 11.8. The Morgan fingerprint density at radius 2 is 2.00 bits per heavy atom. The third-order valence-electron chi connectivity index (χ3n) is 3.65. The lowest BCUT2D eigenvalue weighted by Crippen LogP contribution is -2.34. The normalized spacial score (nSPS) is 16.1. The number of nitrogens with two attached hydrogens (primary N) is 1. The molecule has 108 valence electrons. The first kappa shape index (κ1) is 14.7. The predicted molar refractivity (Wildman–Crippen MR) is 77.2 cm³/mol. The third kappa shape index (κ3) is 3.42. The minimum atomic E-state index is -0.743. The lowest BCUT2D eigenvalue weighted by Gasteiger charge is -2.33. The van der Waals surface area contributed by atoms with Crippen molar-refractivity contribution in [1.82, 2.24) is 0 Å². The highest BCUT2D eigenvalue weighted by molar-refractivity contribution is 6.33. The number of primary amides is 1. The van der Waals surface area contributed by atoms with Gasteiger partial charge in [-0.15, -0.1) is 0 Å². The van der Waals surface area contributed by atoms with Gasteiger partial charge in [0.05, 0.1) is 10.7 Å². The number of carboxylic acids is 1. The number of anilines is 1. The number of halogens is 1. The number of carbonyl (C=O) groups excluding carboxylic acids is 1. The van der Waals surface area contributed by atoms with Crippen LogP contribution in [0.15, 0.2) is 18.2 Å². The molecule has 1 saturated heterocycles. The largest absolute Gasteiger partial charge is 0.481 e. The number of nitrogens with zero attached hydrogens (tertiary/aromatic N) is 1. The van der Waals surface area contributed by atoms with Gasteiger partial charge in [0.25, 0.3) is 0 Å². The highest BCUT2D eigenvalue weighted by Gasteiger charge is 2.22. The third-order valence-corrected chi connectivity index (χ3v) is 3.95. The zero-order chi connectivity index (χ0) is 14.7. The molecule has 1 aliphatic rings. The number of aliphatic carboxylic acids is 1. The first-order valence-electron chi connectivity index (χ1n) is 6.53. The summed E-state index contributed by atoms with van der Waals surface area (Å²) in [5, 5.41) is 9.29. The Morgan fingerprint density at radius 3 is 2.50 bits per heavy atom. The standard InChI is InChI=1S/C14H17ClN2O3/c15-11-8-10(14(16)20)1-2-12(11)17-5-3-9(4-6-17)7-13(18)19/h1-2,8-9H,3-7H2,(H2,16,20)(H,18,19). The van der Waals surface area contributed by atoms with Crippen molar-refractivity contribution in [3.05, 3.63) is 28.8 Å². The fourth-order valence-electron chi connectivity index (χ4n) is 2.54. The molecule has 0 unspecified atom stereocenters. The smallest absolute Gasteiger partial charge is 0.303 e. The molecule has 0 radical (unpaired) electrons. The lowest BCUT2D eigenvalue weighted by molar-refractivity contribution is -0.138. The van der Waals surface area contributed by atoms with Crippen LogP contribution in [0.4, 0.5) is 5.69 Å². The van der Waals surface area contributed by atoms with Gasteiger partial charge in [0.1, 0.15) is 0 Å². The topological polar surface area (TPSA) is 83.6 Å². The van der Waals surface area contributed by atoms with Gasteiger partial charge in [-0.05, 0) is 37.0 Å². The molecule has 1 heterocycles. The van der Waals surface area contributed by atoms with Crippen LogP contribution in [-0.4, -0.2) is 30.1 Å². The predicted octanol–water partition coefficient (Wildman–Crippen LogP) is 2.13. The van der Waals surface area contributed by atoms with Crippen LogP contribution in [0.2, 0.25) is 5.02 Å². The number of carboxylic acid groups (broad SMARTS) is 1. The Labute approximate surface area is 122 Å². The van der Waals surface area contributed by atoms with E-state index < -0.39 is 11.9 Å². The SMILES string of the molecule is NC(=O)c1ccc(N2CCC(CC(=O)O)CC2)c(Cl)c1. The number of rotatable bonds is 4. The summed E-state index contributed by atoms with van der Waals surface area (Å²) in [4.78, 5) is 23.9. The van der Waals surface area contributed by atoms with Gasteiger partial charge in [-0.3, -0.25) is 9.59 Å². The van der Waals surface area contributed by atoms with E-state index in [9.17, 15) is 9.59 Å². The molecule has 1 aromatic carbocycles. The van der Waals surface area contributed by atoms with Crippen molar-refractivity contribution in [1.29, 1.82) is 0 Å². The van der Waals surface area contributed by atoms with Crippen molar-refractivity contribution in [2.45, 2.75) is 19.3 Å². The van der Waals surface area contributed by atoms with Crippen LogP contribution in [0.3, 0.4) is 0 Å². The van der Waals surface area contributed by atoms with Crippen molar-refractivity contribution in [3.63, 3.8) is 0 Å². The quantitative estimate of drug-likeness (QED) is 0.891. The fourth-order valence-corrected chi connectivity index (χ4v) is 2.84. The molecule has 1 amide bonds. The van der Waals surface area contributed by atoms with E-state index in [1.54, 1.807) is 18.2 Å². The molecule has 1 fully saturated rings.